The van der Waals surface area contributed by atoms with Gasteiger partial charge in [-0.15, -0.1) is 0 Å². The van der Waals surface area contributed by atoms with E-state index in [4.69, 9.17) is 0 Å². The molecule has 1 fully saturated rings. The zero-order valence-corrected chi connectivity index (χ0v) is 9.38. The summed E-state index contributed by atoms with van der Waals surface area (Å²) in [6, 6.07) is 0. The van der Waals surface area contributed by atoms with Crippen LogP contribution >= 0.6 is 0 Å². The number of Topliss-reactive ketones (excluding diaryl/α,β-unsaturated/α-hetero) is 2. The van der Waals surface area contributed by atoms with Crippen molar-refractivity contribution in [1.29, 1.82) is 0 Å². The van der Waals surface area contributed by atoms with E-state index in [0.717, 1.165) is 19.3 Å². The van der Waals surface area contributed by atoms with Gasteiger partial charge in [-0.1, -0.05) is 13.8 Å². The largest absolute Gasteiger partial charge is 0.300 e. The quantitative estimate of drug-likeness (QED) is 0.695. The second kappa shape index (κ2) is 4.72. The summed E-state index contributed by atoms with van der Waals surface area (Å²) >= 11 is 0. The van der Waals surface area contributed by atoms with Crippen molar-refractivity contribution in [3.8, 4) is 0 Å². The monoisotopic (exact) mass is 196 g/mol. The fraction of sp³-hybridized carbons (Fsp3) is 0.833. The summed E-state index contributed by atoms with van der Waals surface area (Å²) in [6.45, 7) is 5.74. The molecule has 0 heterocycles. The maximum absolute atomic E-state index is 11.8. The van der Waals surface area contributed by atoms with Gasteiger partial charge < -0.3 is 4.79 Å². The summed E-state index contributed by atoms with van der Waals surface area (Å²) in [5, 5.41) is 0. The van der Waals surface area contributed by atoms with Crippen LogP contribution in [0.3, 0.4) is 0 Å². The van der Waals surface area contributed by atoms with E-state index in [0.29, 0.717) is 18.1 Å². The van der Waals surface area contributed by atoms with Gasteiger partial charge in [0.1, 0.15) is 11.6 Å². The first-order valence-electron chi connectivity index (χ1n) is 5.55. The third-order valence-corrected chi connectivity index (χ3v) is 3.40. The van der Waals surface area contributed by atoms with Crippen LogP contribution in [-0.2, 0) is 9.59 Å². The van der Waals surface area contributed by atoms with Gasteiger partial charge in [0.05, 0.1) is 0 Å². The SMILES string of the molecule is CC(=O)CCC1C(=O)C(C)CCC1C. The molecular formula is C12H20O2. The van der Waals surface area contributed by atoms with E-state index < -0.39 is 0 Å². The molecule has 0 N–H and O–H groups in total. The summed E-state index contributed by atoms with van der Waals surface area (Å²) in [6.07, 6.45) is 3.49. The van der Waals surface area contributed by atoms with Gasteiger partial charge in [-0.25, -0.2) is 0 Å². The molecule has 0 aromatic heterocycles. The molecule has 2 nitrogen and oxygen atoms in total. The summed E-state index contributed by atoms with van der Waals surface area (Å²) in [4.78, 5) is 22.7. The molecule has 0 amide bonds. The van der Waals surface area contributed by atoms with Crippen molar-refractivity contribution in [3.05, 3.63) is 0 Å². The van der Waals surface area contributed by atoms with Crippen molar-refractivity contribution < 1.29 is 9.59 Å². The molecule has 0 spiro atoms. The van der Waals surface area contributed by atoms with Crippen LogP contribution in [-0.4, -0.2) is 11.6 Å². The van der Waals surface area contributed by atoms with E-state index in [1.54, 1.807) is 6.92 Å². The molecule has 0 bridgehead atoms. The lowest BCUT2D eigenvalue weighted by atomic mass is 9.72. The highest BCUT2D eigenvalue weighted by atomic mass is 16.1. The van der Waals surface area contributed by atoms with Crippen LogP contribution in [0.25, 0.3) is 0 Å². The van der Waals surface area contributed by atoms with Gasteiger partial charge in [-0.05, 0) is 32.1 Å². The lowest BCUT2D eigenvalue weighted by Gasteiger charge is -2.31. The van der Waals surface area contributed by atoms with Crippen molar-refractivity contribution in [1.82, 2.24) is 0 Å². The Balaban J connectivity index is 2.54. The summed E-state index contributed by atoms with van der Waals surface area (Å²) < 4.78 is 0. The predicted octanol–water partition coefficient (Wildman–Crippen LogP) is 2.61. The molecule has 3 atom stereocenters. The van der Waals surface area contributed by atoms with Gasteiger partial charge in [0.2, 0.25) is 0 Å². The first-order valence-corrected chi connectivity index (χ1v) is 5.55. The van der Waals surface area contributed by atoms with Crippen molar-refractivity contribution in [3.63, 3.8) is 0 Å². The van der Waals surface area contributed by atoms with Gasteiger partial charge in [-0.3, -0.25) is 4.79 Å². The minimum Gasteiger partial charge on any atom is -0.300 e. The normalized spacial score (nSPS) is 33.1. The first-order chi connectivity index (χ1) is 6.52. The van der Waals surface area contributed by atoms with E-state index in [2.05, 4.69) is 6.92 Å². The molecule has 1 aliphatic rings. The maximum atomic E-state index is 11.8. The van der Waals surface area contributed by atoms with E-state index in [1.807, 2.05) is 6.92 Å². The third-order valence-electron chi connectivity index (χ3n) is 3.40. The van der Waals surface area contributed by atoms with E-state index in [1.165, 1.54) is 0 Å². The minimum absolute atomic E-state index is 0.141. The average Bonchev–Trinajstić information content (AvgIpc) is 2.11. The van der Waals surface area contributed by atoms with Gasteiger partial charge in [0, 0.05) is 18.3 Å². The van der Waals surface area contributed by atoms with Crippen LogP contribution in [0, 0.1) is 17.8 Å². The molecule has 14 heavy (non-hydrogen) atoms. The van der Waals surface area contributed by atoms with Crippen LogP contribution in [0.2, 0.25) is 0 Å². The Labute approximate surface area is 86.1 Å². The molecule has 1 rings (SSSR count). The standard InChI is InChI=1S/C12H20O2/c1-8-4-5-9(2)12(14)11(8)7-6-10(3)13/h8-9,11H,4-7H2,1-3H3. The smallest absolute Gasteiger partial charge is 0.139 e. The average molecular weight is 196 g/mol. The van der Waals surface area contributed by atoms with Crippen LogP contribution in [0.5, 0.6) is 0 Å². The number of ketones is 2. The van der Waals surface area contributed by atoms with Crippen LogP contribution in [0.1, 0.15) is 46.5 Å². The van der Waals surface area contributed by atoms with Gasteiger partial charge >= 0.3 is 0 Å². The second-order valence-corrected chi connectivity index (χ2v) is 4.71. The van der Waals surface area contributed by atoms with Gasteiger partial charge in [0.25, 0.3) is 0 Å². The molecule has 1 saturated carbocycles. The minimum atomic E-state index is 0.141. The first kappa shape index (κ1) is 11.4. The highest BCUT2D eigenvalue weighted by molar-refractivity contribution is 5.85. The lowest BCUT2D eigenvalue weighted by Crippen LogP contribution is -2.32. The molecule has 0 aliphatic heterocycles. The molecule has 3 unspecified atom stereocenters. The Morgan fingerprint density at radius 2 is 2.00 bits per heavy atom. The topological polar surface area (TPSA) is 34.1 Å². The lowest BCUT2D eigenvalue weighted by molar-refractivity contribution is -0.131. The highest BCUT2D eigenvalue weighted by Crippen LogP contribution is 2.33. The summed E-state index contributed by atoms with van der Waals surface area (Å²) in [7, 11) is 0. The number of hydrogen-bond acceptors (Lipinski definition) is 2. The van der Waals surface area contributed by atoms with Gasteiger partial charge in [-0.2, -0.15) is 0 Å². The molecule has 0 radical (unpaired) electrons. The fourth-order valence-corrected chi connectivity index (χ4v) is 2.29. The third kappa shape index (κ3) is 2.66. The van der Waals surface area contributed by atoms with E-state index >= 15 is 0 Å². The van der Waals surface area contributed by atoms with Crippen molar-refractivity contribution in [2.24, 2.45) is 17.8 Å². The molecular weight excluding hydrogens is 176 g/mol. The Bertz CT molecular complexity index is 232. The van der Waals surface area contributed by atoms with Crippen LogP contribution in [0.15, 0.2) is 0 Å². The fourth-order valence-electron chi connectivity index (χ4n) is 2.29. The highest BCUT2D eigenvalue weighted by Gasteiger charge is 2.33. The number of carbonyl (C=O) groups excluding carboxylic acids is 2. The number of hydrogen-bond donors (Lipinski definition) is 0. The molecule has 2 heteroatoms. The molecule has 80 valence electrons. The number of rotatable bonds is 3. The van der Waals surface area contributed by atoms with Crippen molar-refractivity contribution >= 4 is 11.6 Å². The predicted molar refractivity (Wildman–Crippen MR) is 56.0 cm³/mol. The molecule has 1 aliphatic carbocycles. The Kier molecular flexibility index (Phi) is 3.85. The Hall–Kier alpha value is -0.660. The van der Waals surface area contributed by atoms with E-state index in [-0.39, 0.29) is 17.6 Å². The molecule has 0 aromatic carbocycles. The summed E-state index contributed by atoms with van der Waals surface area (Å²) in [5.41, 5.74) is 0. The Morgan fingerprint density at radius 3 is 2.57 bits per heavy atom. The maximum Gasteiger partial charge on any atom is 0.139 e. The van der Waals surface area contributed by atoms with Crippen molar-refractivity contribution in [2.45, 2.75) is 46.5 Å². The summed E-state index contributed by atoms with van der Waals surface area (Å²) in [5.74, 6) is 1.40. The van der Waals surface area contributed by atoms with Crippen molar-refractivity contribution in [2.75, 3.05) is 0 Å². The zero-order chi connectivity index (χ0) is 10.7. The van der Waals surface area contributed by atoms with Gasteiger partial charge in [0.15, 0.2) is 0 Å². The molecule has 0 saturated heterocycles. The molecule has 0 aromatic rings. The van der Waals surface area contributed by atoms with E-state index in [9.17, 15) is 9.59 Å². The Morgan fingerprint density at radius 1 is 1.36 bits per heavy atom. The van der Waals surface area contributed by atoms with Crippen LogP contribution < -0.4 is 0 Å². The number of carbonyl (C=O) groups is 2. The zero-order valence-electron chi connectivity index (χ0n) is 9.38. The second-order valence-electron chi connectivity index (χ2n) is 4.71. The van der Waals surface area contributed by atoms with Crippen LogP contribution in [0.4, 0.5) is 0 Å².